The number of hydrogen-bond donors (Lipinski definition) is 1. The van der Waals surface area contributed by atoms with Crippen LogP contribution in [0.1, 0.15) is 31.7 Å². The Balaban J connectivity index is 1.47. The van der Waals surface area contributed by atoms with Crippen LogP contribution in [0, 0.1) is 0 Å². The minimum Gasteiger partial charge on any atom is -0.484 e. The molecule has 1 amide bonds. The number of aromatic nitrogens is 1. The van der Waals surface area contributed by atoms with Crippen LogP contribution in [-0.4, -0.2) is 17.5 Å². The zero-order chi connectivity index (χ0) is 21.8. The van der Waals surface area contributed by atoms with E-state index in [1.165, 1.54) is 5.56 Å². The zero-order valence-corrected chi connectivity index (χ0v) is 19.8. The van der Waals surface area contributed by atoms with Crippen LogP contribution < -0.4 is 10.1 Å². The fraction of sp³-hybridized carbons (Fsp3) is 0.200. The van der Waals surface area contributed by atoms with Crippen LogP contribution in [0.3, 0.4) is 0 Å². The van der Waals surface area contributed by atoms with Gasteiger partial charge in [0.25, 0.3) is 5.91 Å². The van der Waals surface area contributed by atoms with E-state index < -0.39 is 0 Å². The van der Waals surface area contributed by atoms with Crippen molar-refractivity contribution in [2.24, 2.45) is 0 Å². The van der Waals surface area contributed by atoms with Crippen LogP contribution in [0.15, 0.2) is 71.2 Å². The highest BCUT2D eigenvalue weighted by atomic mass is 79.9. The van der Waals surface area contributed by atoms with Gasteiger partial charge in [-0.25, -0.2) is 4.98 Å². The number of amides is 1. The first kappa shape index (κ1) is 21.5. The first-order chi connectivity index (χ1) is 15.0. The number of anilines is 1. The number of hydrogen-bond acceptors (Lipinski definition) is 4. The summed E-state index contributed by atoms with van der Waals surface area (Å²) >= 11 is 5.13. The molecule has 1 N–H and O–H groups in total. The van der Waals surface area contributed by atoms with Crippen LogP contribution in [-0.2, 0) is 4.79 Å². The van der Waals surface area contributed by atoms with Gasteiger partial charge in [0.15, 0.2) is 6.61 Å². The molecule has 0 aliphatic rings. The topological polar surface area (TPSA) is 51.2 Å². The van der Waals surface area contributed by atoms with Crippen molar-refractivity contribution < 1.29 is 9.53 Å². The molecule has 0 fully saturated rings. The molecule has 0 bridgehead atoms. The van der Waals surface area contributed by atoms with Crippen molar-refractivity contribution in [3.8, 4) is 16.3 Å². The average Bonchev–Trinajstić information content (AvgIpc) is 3.23. The van der Waals surface area contributed by atoms with Gasteiger partial charge in [-0.15, -0.1) is 11.3 Å². The van der Waals surface area contributed by atoms with Crippen molar-refractivity contribution in [1.82, 2.24) is 4.98 Å². The highest BCUT2D eigenvalue weighted by molar-refractivity contribution is 9.10. The molecule has 0 saturated heterocycles. The molecule has 4 nitrogen and oxygen atoms in total. The van der Waals surface area contributed by atoms with Gasteiger partial charge in [-0.05, 0) is 60.4 Å². The van der Waals surface area contributed by atoms with Gasteiger partial charge in [0, 0.05) is 10.0 Å². The summed E-state index contributed by atoms with van der Waals surface area (Å²) in [5.74, 6) is 0.982. The smallest absolute Gasteiger partial charge is 0.262 e. The Hall–Kier alpha value is -2.70. The van der Waals surface area contributed by atoms with E-state index >= 15 is 0 Å². The molecule has 1 unspecified atom stereocenters. The maximum atomic E-state index is 12.6. The molecule has 31 heavy (non-hydrogen) atoms. The second kappa shape index (κ2) is 9.62. The van der Waals surface area contributed by atoms with E-state index in [1.807, 2.05) is 54.6 Å². The molecule has 3 aromatic carbocycles. The molecule has 6 heteroatoms. The first-order valence-electron chi connectivity index (χ1n) is 10.2. The van der Waals surface area contributed by atoms with Crippen molar-refractivity contribution in [2.45, 2.75) is 26.2 Å². The van der Waals surface area contributed by atoms with Gasteiger partial charge in [0.1, 0.15) is 10.8 Å². The summed E-state index contributed by atoms with van der Waals surface area (Å²) in [6.45, 7) is 4.31. The SMILES string of the molecule is CCC(C)c1ccc(OCC(=O)Nc2ccc(Br)cc2-c2nc3ccccc3s2)cc1. The molecule has 0 aliphatic carbocycles. The van der Waals surface area contributed by atoms with Crippen molar-refractivity contribution in [3.63, 3.8) is 0 Å². The van der Waals surface area contributed by atoms with Crippen molar-refractivity contribution >= 4 is 49.1 Å². The van der Waals surface area contributed by atoms with Crippen LogP contribution >= 0.6 is 27.3 Å². The van der Waals surface area contributed by atoms with Gasteiger partial charge in [-0.2, -0.15) is 0 Å². The van der Waals surface area contributed by atoms with E-state index in [4.69, 9.17) is 9.72 Å². The molecule has 4 rings (SSSR count). The third-order valence-corrected chi connectivity index (χ3v) is 6.77. The number of nitrogens with zero attached hydrogens (tertiary/aromatic N) is 1. The third kappa shape index (κ3) is 5.14. The van der Waals surface area contributed by atoms with Crippen molar-refractivity contribution in [2.75, 3.05) is 11.9 Å². The summed E-state index contributed by atoms with van der Waals surface area (Å²) in [4.78, 5) is 17.3. The molecule has 1 atom stereocenters. The molecule has 1 heterocycles. The monoisotopic (exact) mass is 494 g/mol. The number of carbonyl (C=O) groups is 1. The summed E-state index contributed by atoms with van der Waals surface area (Å²) in [6, 6.07) is 21.7. The molecule has 1 aromatic heterocycles. The number of ether oxygens (including phenoxy) is 1. The summed E-state index contributed by atoms with van der Waals surface area (Å²) in [6.07, 6.45) is 1.09. The first-order valence-corrected chi connectivity index (χ1v) is 11.8. The van der Waals surface area contributed by atoms with Crippen LogP contribution in [0.2, 0.25) is 0 Å². The Labute approximate surface area is 194 Å². The molecule has 0 radical (unpaired) electrons. The number of thiazole rings is 1. The lowest BCUT2D eigenvalue weighted by Gasteiger charge is -2.12. The lowest BCUT2D eigenvalue weighted by Crippen LogP contribution is -2.20. The lowest BCUT2D eigenvalue weighted by atomic mass is 9.99. The molecule has 158 valence electrons. The van der Waals surface area contributed by atoms with E-state index in [0.29, 0.717) is 17.4 Å². The van der Waals surface area contributed by atoms with Gasteiger partial charge < -0.3 is 10.1 Å². The quantitative estimate of drug-likeness (QED) is 0.294. The summed E-state index contributed by atoms with van der Waals surface area (Å²) in [5, 5.41) is 3.83. The van der Waals surface area contributed by atoms with Crippen molar-refractivity contribution in [3.05, 3.63) is 76.8 Å². The Kier molecular flexibility index (Phi) is 6.68. The highest BCUT2D eigenvalue weighted by Crippen LogP contribution is 2.36. The molecule has 0 spiro atoms. The molecule has 4 aromatic rings. The highest BCUT2D eigenvalue weighted by Gasteiger charge is 2.14. The van der Waals surface area contributed by atoms with Crippen LogP contribution in [0.5, 0.6) is 5.75 Å². The summed E-state index contributed by atoms with van der Waals surface area (Å²) in [7, 11) is 0. The Bertz CT molecular complexity index is 1170. The van der Waals surface area contributed by atoms with Gasteiger partial charge in [-0.3, -0.25) is 4.79 Å². The number of carbonyl (C=O) groups excluding carboxylic acids is 1. The molecule has 0 aliphatic heterocycles. The standard InChI is InChI=1S/C25H23BrN2O2S/c1-3-16(2)17-8-11-19(12-9-17)30-15-24(29)27-21-13-10-18(26)14-20(21)25-28-22-6-4-5-7-23(22)31-25/h4-14,16H,3,15H2,1-2H3,(H,27,29). The van der Waals surface area contributed by atoms with E-state index in [-0.39, 0.29) is 12.5 Å². The zero-order valence-electron chi connectivity index (χ0n) is 17.4. The Morgan fingerprint density at radius 1 is 1.13 bits per heavy atom. The second-order valence-electron chi connectivity index (χ2n) is 7.39. The fourth-order valence-electron chi connectivity index (χ4n) is 3.25. The molecule has 0 saturated carbocycles. The maximum absolute atomic E-state index is 12.6. The predicted octanol–water partition coefficient (Wildman–Crippen LogP) is 7.26. The molecular weight excluding hydrogens is 472 g/mol. The summed E-state index contributed by atoms with van der Waals surface area (Å²) < 4.78 is 7.73. The maximum Gasteiger partial charge on any atom is 0.262 e. The Morgan fingerprint density at radius 3 is 2.65 bits per heavy atom. The predicted molar refractivity (Wildman–Crippen MR) is 132 cm³/mol. The van der Waals surface area contributed by atoms with Gasteiger partial charge in [0.05, 0.1) is 15.9 Å². The number of benzene rings is 3. The van der Waals surface area contributed by atoms with Crippen LogP contribution in [0.25, 0.3) is 20.8 Å². The number of fused-ring (bicyclic) bond motifs is 1. The normalized spacial score (nSPS) is 12.0. The number of nitrogens with one attached hydrogen (secondary N) is 1. The number of halogens is 1. The number of rotatable bonds is 7. The van der Waals surface area contributed by atoms with E-state index in [9.17, 15) is 4.79 Å². The second-order valence-corrected chi connectivity index (χ2v) is 9.34. The fourth-order valence-corrected chi connectivity index (χ4v) is 4.61. The van der Waals surface area contributed by atoms with Crippen molar-refractivity contribution in [1.29, 1.82) is 0 Å². The van der Waals surface area contributed by atoms with Gasteiger partial charge >= 0.3 is 0 Å². The Morgan fingerprint density at radius 2 is 1.90 bits per heavy atom. The molecular formula is C25H23BrN2O2S. The van der Waals surface area contributed by atoms with Gasteiger partial charge in [-0.1, -0.05) is 54.0 Å². The van der Waals surface area contributed by atoms with Crippen LogP contribution in [0.4, 0.5) is 5.69 Å². The minimum absolute atomic E-state index is 0.0575. The lowest BCUT2D eigenvalue weighted by molar-refractivity contribution is -0.118. The average molecular weight is 495 g/mol. The van der Waals surface area contributed by atoms with E-state index in [0.717, 1.165) is 31.7 Å². The van der Waals surface area contributed by atoms with E-state index in [2.05, 4.69) is 47.2 Å². The van der Waals surface area contributed by atoms with Gasteiger partial charge in [0.2, 0.25) is 0 Å². The largest absolute Gasteiger partial charge is 0.484 e. The minimum atomic E-state index is -0.212. The third-order valence-electron chi connectivity index (χ3n) is 5.21. The summed E-state index contributed by atoms with van der Waals surface area (Å²) in [5.41, 5.74) is 3.81. The van der Waals surface area contributed by atoms with E-state index in [1.54, 1.807) is 11.3 Å². The number of para-hydroxylation sites is 1.